The molecule has 1 N–H and O–H groups in total. The molecule has 0 aliphatic carbocycles. The molecule has 1 amide bonds. The van der Waals surface area contributed by atoms with E-state index in [-0.39, 0.29) is 11.7 Å². The summed E-state index contributed by atoms with van der Waals surface area (Å²) >= 11 is 7.30. The number of hydrogen-bond acceptors (Lipinski definition) is 5. The summed E-state index contributed by atoms with van der Waals surface area (Å²) in [6.45, 7) is 0. The molecule has 0 saturated heterocycles. The first-order chi connectivity index (χ1) is 13.7. The molecule has 0 spiro atoms. The number of para-hydroxylation sites is 1. The number of benzene rings is 2. The number of nitrogens with zero attached hydrogens (tertiary/aromatic N) is 2. The zero-order valence-electron chi connectivity index (χ0n) is 14.5. The van der Waals surface area contributed by atoms with E-state index in [9.17, 15) is 4.79 Å². The second-order valence-electron chi connectivity index (χ2n) is 5.79. The van der Waals surface area contributed by atoms with E-state index in [1.165, 1.54) is 18.0 Å². The lowest BCUT2D eigenvalue weighted by Gasteiger charge is -2.09. The van der Waals surface area contributed by atoms with Gasteiger partial charge in [-0.25, -0.2) is 9.97 Å². The Balaban J connectivity index is 1.51. The van der Waals surface area contributed by atoms with Crippen molar-refractivity contribution in [3.05, 3.63) is 90.1 Å². The van der Waals surface area contributed by atoms with E-state index < -0.39 is 0 Å². The lowest BCUT2D eigenvalue weighted by Crippen LogP contribution is -2.11. The number of carbonyl (C=O) groups is 1. The van der Waals surface area contributed by atoms with E-state index in [1.807, 2.05) is 48.5 Å². The standard InChI is InChI=1S/C21H14ClN3O2S/c22-16-9-7-14(8-10-16)15-12-23-21(24-13-15)28-19-6-2-1-4-17(19)25-20(26)18-5-3-11-27-18/h1-13H,(H,25,26). The predicted octanol–water partition coefficient (Wildman–Crippen LogP) is 5.79. The van der Waals surface area contributed by atoms with Gasteiger partial charge in [-0.2, -0.15) is 0 Å². The third-order valence-electron chi connectivity index (χ3n) is 3.89. The molecule has 0 unspecified atom stereocenters. The van der Waals surface area contributed by atoms with Crippen LogP contribution in [0.25, 0.3) is 11.1 Å². The Kier molecular flexibility index (Phi) is 5.41. The summed E-state index contributed by atoms with van der Waals surface area (Å²) in [6.07, 6.45) is 5.00. The van der Waals surface area contributed by atoms with Crippen LogP contribution < -0.4 is 5.32 Å². The number of anilines is 1. The van der Waals surface area contributed by atoms with E-state index in [0.717, 1.165) is 16.0 Å². The molecule has 0 bridgehead atoms. The van der Waals surface area contributed by atoms with Gasteiger partial charge < -0.3 is 9.73 Å². The maximum Gasteiger partial charge on any atom is 0.291 e. The number of nitrogens with one attached hydrogen (secondary N) is 1. The zero-order valence-corrected chi connectivity index (χ0v) is 16.1. The molecular weight excluding hydrogens is 394 g/mol. The van der Waals surface area contributed by atoms with E-state index in [2.05, 4.69) is 15.3 Å². The Morgan fingerprint density at radius 2 is 1.68 bits per heavy atom. The number of carbonyl (C=O) groups excluding carboxylic acids is 1. The molecule has 2 aromatic carbocycles. The van der Waals surface area contributed by atoms with Crippen LogP contribution in [-0.4, -0.2) is 15.9 Å². The van der Waals surface area contributed by atoms with E-state index >= 15 is 0 Å². The van der Waals surface area contributed by atoms with Crippen molar-refractivity contribution in [2.45, 2.75) is 10.1 Å². The van der Waals surface area contributed by atoms with Crippen LogP contribution in [0.3, 0.4) is 0 Å². The molecule has 0 radical (unpaired) electrons. The molecule has 2 heterocycles. The second-order valence-corrected chi connectivity index (χ2v) is 7.24. The number of aromatic nitrogens is 2. The molecule has 5 nitrogen and oxygen atoms in total. The van der Waals surface area contributed by atoms with Crippen LogP contribution in [0.1, 0.15) is 10.6 Å². The van der Waals surface area contributed by atoms with Gasteiger partial charge in [-0.1, -0.05) is 35.9 Å². The van der Waals surface area contributed by atoms with Crippen LogP contribution in [0, 0.1) is 0 Å². The highest BCUT2D eigenvalue weighted by Crippen LogP contribution is 2.32. The fourth-order valence-corrected chi connectivity index (χ4v) is 3.42. The van der Waals surface area contributed by atoms with Crippen molar-refractivity contribution in [1.82, 2.24) is 9.97 Å². The van der Waals surface area contributed by atoms with Crippen molar-refractivity contribution in [3.8, 4) is 11.1 Å². The van der Waals surface area contributed by atoms with E-state index in [1.54, 1.807) is 24.5 Å². The molecule has 4 rings (SSSR count). The number of amides is 1. The molecule has 0 aliphatic heterocycles. The Morgan fingerprint density at radius 1 is 0.929 bits per heavy atom. The largest absolute Gasteiger partial charge is 0.459 e. The molecule has 0 aliphatic rings. The molecule has 7 heteroatoms. The fourth-order valence-electron chi connectivity index (χ4n) is 2.51. The Bertz CT molecular complexity index is 1080. The van der Waals surface area contributed by atoms with Gasteiger partial charge in [0.05, 0.1) is 12.0 Å². The first-order valence-corrected chi connectivity index (χ1v) is 9.58. The van der Waals surface area contributed by atoms with Crippen molar-refractivity contribution in [2.75, 3.05) is 5.32 Å². The van der Waals surface area contributed by atoms with E-state index in [4.69, 9.17) is 16.0 Å². The summed E-state index contributed by atoms with van der Waals surface area (Å²) in [5, 5.41) is 4.12. The van der Waals surface area contributed by atoms with Crippen LogP contribution in [0.15, 0.2) is 93.8 Å². The van der Waals surface area contributed by atoms with Crippen molar-refractivity contribution in [2.24, 2.45) is 0 Å². The first kappa shape index (κ1) is 18.3. The normalized spacial score (nSPS) is 10.6. The highest BCUT2D eigenvalue weighted by atomic mass is 35.5. The highest BCUT2D eigenvalue weighted by molar-refractivity contribution is 7.99. The minimum atomic E-state index is -0.308. The quantitative estimate of drug-likeness (QED) is 0.424. The first-order valence-electron chi connectivity index (χ1n) is 8.39. The van der Waals surface area contributed by atoms with Gasteiger partial charge in [0.1, 0.15) is 0 Å². The van der Waals surface area contributed by atoms with Crippen molar-refractivity contribution < 1.29 is 9.21 Å². The molecule has 0 fully saturated rings. The van der Waals surface area contributed by atoms with Gasteiger partial charge in [-0.05, 0) is 53.7 Å². The van der Waals surface area contributed by atoms with Crippen molar-refractivity contribution in [3.63, 3.8) is 0 Å². The van der Waals surface area contributed by atoms with Crippen LogP contribution >= 0.6 is 23.4 Å². The smallest absolute Gasteiger partial charge is 0.291 e. The zero-order chi connectivity index (χ0) is 19.3. The van der Waals surface area contributed by atoms with Gasteiger partial charge in [0.2, 0.25) is 0 Å². The lowest BCUT2D eigenvalue weighted by atomic mass is 10.1. The Labute approximate surface area is 170 Å². The molecule has 4 aromatic rings. The fraction of sp³-hybridized carbons (Fsp3) is 0. The van der Waals surface area contributed by atoms with Crippen molar-refractivity contribution >= 4 is 35.0 Å². The molecule has 0 saturated carbocycles. The van der Waals surface area contributed by atoms with Crippen LogP contribution in [0.2, 0.25) is 5.02 Å². The van der Waals surface area contributed by atoms with Gasteiger partial charge >= 0.3 is 0 Å². The summed E-state index contributed by atoms with van der Waals surface area (Å²) in [5.41, 5.74) is 2.56. The molecule has 28 heavy (non-hydrogen) atoms. The average Bonchev–Trinajstić information content (AvgIpc) is 3.26. The SMILES string of the molecule is O=C(Nc1ccccc1Sc1ncc(-c2ccc(Cl)cc2)cn1)c1ccco1. The number of rotatable bonds is 5. The van der Waals surface area contributed by atoms with Gasteiger partial charge in [0.25, 0.3) is 5.91 Å². The van der Waals surface area contributed by atoms with Crippen LogP contribution in [-0.2, 0) is 0 Å². The summed E-state index contributed by atoms with van der Waals surface area (Å²) in [6, 6.07) is 18.3. The average molecular weight is 408 g/mol. The number of hydrogen-bond donors (Lipinski definition) is 1. The Hall–Kier alpha value is -3.09. The molecular formula is C21H14ClN3O2S. The molecule has 2 aromatic heterocycles. The molecule has 0 atom stereocenters. The van der Waals surface area contributed by atoms with Gasteiger partial charge in [-0.15, -0.1) is 0 Å². The third kappa shape index (κ3) is 4.24. The number of halogens is 1. The monoisotopic (exact) mass is 407 g/mol. The molecule has 138 valence electrons. The van der Waals surface area contributed by atoms with Gasteiger partial charge in [0.15, 0.2) is 10.9 Å². The van der Waals surface area contributed by atoms with Gasteiger partial charge in [0, 0.05) is 27.9 Å². The maximum absolute atomic E-state index is 12.3. The van der Waals surface area contributed by atoms with Crippen LogP contribution in [0.4, 0.5) is 5.69 Å². The summed E-state index contributed by atoms with van der Waals surface area (Å²) in [4.78, 5) is 21.9. The summed E-state index contributed by atoms with van der Waals surface area (Å²) in [7, 11) is 0. The predicted molar refractivity (Wildman–Crippen MR) is 110 cm³/mol. The minimum absolute atomic E-state index is 0.253. The minimum Gasteiger partial charge on any atom is -0.459 e. The second kappa shape index (κ2) is 8.29. The van der Waals surface area contributed by atoms with E-state index in [0.29, 0.717) is 15.9 Å². The maximum atomic E-state index is 12.3. The highest BCUT2D eigenvalue weighted by Gasteiger charge is 2.12. The number of furan rings is 1. The summed E-state index contributed by atoms with van der Waals surface area (Å²) < 4.78 is 5.14. The van der Waals surface area contributed by atoms with Crippen LogP contribution in [0.5, 0.6) is 0 Å². The lowest BCUT2D eigenvalue weighted by molar-refractivity contribution is 0.0996. The third-order valence-corrected chi connectivity index (χ3v) is 5.11. The Morgan fingerprint density at radius 3 is 2.39 bits per heavy atom. The topological polar surface area (TPSA) is 68.0 Å². The van der Waals surface area contributed by atoms with Crippen molar-refractivity contribution in [1.29, 1.82) is 0 Å². The summed E-state index contributed by atoms with van der Waals surface area (Å²) in [5.74, 6) is -0.0552. The van der Waals surface area contributed by atoms with Gasteiger partial charge in [-0.3, -0.25) is 4.79 Å².